The second kappa shape index (κ2) is 7.22. The van der Waals surface area contributed by atoms with Crippen LogP contribution >= 0.6 is 11.6 Å². The second-order valence-electron chi connectivity index (χ2n) is 2.67. The van der Waals surface area contributed by atoms with Gasteiger partial charge in [0.25, 0.3) is 0 Å². The number of unbranched alkanes of at least 4 members (excludes halogenated alkanes) is 1. The molecule has 0 bridgehead atoms. The van der Waals surface area contributed by atoms with Gasteiger partial charge in [0.15, 0.2) is 0 Å². The molecule has 0 spiro atoms. The smallest absolute Gasteiger partial charge is 0.321 e. The first-order valence-corrected chi connectivity index (χ1v) is 4.67. The van der Waals surface area contributed by atoms with Gasteiger partial charge in [0.05, 0.1) is 0 Å². The quantitative estimate of drug-likeness (QED) is 0.416. The largest absolute Gasteiger partial charge is 0.338 e. The van der Waals surface area contributed by atoms with E-state index in [0.29, 0.717) is 19.4 Å². The summed E-state index contributed by atoms with van der Waals surface area (Å²) in [6.45, 7) is 1.93. The maximum absolute atomic E-state index is 11.0. The van der Waals surface area contributed by atoms with Crippen LogP contribution < -0.4 is 10.6 Å². The van der Waals surface area contributed by atoms with Gasteiger partial charge < -0.3 is 5.32 Å². The highest BCUT2D eigenvalue weighted by molar-refractivity contribution is 6.31. The molecule has 14 heavy (non-hydrogen) atoms. The highest BCUT2D eigenvalue weighted by atomic mass is 35.5. The Bertz CT molecular complexity index is 246. The lowest BCUT2D eigenvalue weighted by Crippen LogP contribution is -2.42. The van der Waals surface area contributed by atoms with E-state index in [1.807, 2.05) is 0 Å². The fraction of sp³-hybridized carbons (Fsp3) is 0.556. The van der Waals surface area contributed by atoms with Crippen LogP contribution in [0.3, 0.4) is 0 Å². The Kier molecular flexibility index (Phi) is 6.59. The van der Waals surface area contributed by atoms with Gasteiger partial charge in [-0.1, -0.05) is 0 Å². The van der Waals surface area contributed by atoms with Gasteiger partial charge in [-0.15, -0.1) is 23.9 Å². The summed E-state index contributed by atoms with van der Waals surface area (Å²) < 4.78 is 0. The number of carbonyl (C=O) groups is 2. The zero-order chi connectivity index (χ0) is 11.0. The summed E-state index contributed by atoms with van der Waals surface area (Å²) in [4.78, 5) is 21.9. The number of alkyl halides is 1. The minimum atomic E-state index is -0.716. The molecular weight excluding hydrogens is 204 g/mol. The fourth-order valence-corrected chi connectivity index (χ4v) is 0.702. The maximum atomic E-state index is 11.0. The van der Waals surface area contributed by atoms with Gasteiger partial charge in [-0.3, -0.25) is 10.1 Å². The Morgan fingerprint density at radius 3 is 2.71 bits per heavy atom. The third-order valence-corrected chi connectivity index (χ3v) is 1.58. The molecule has 3 amide bonds. The first-order chi connectivity index (χ1) is 6.57. The number of nitrogens with one attached hydrogen (secondary N) is 2. The monoisotopic (exact) mass is 216 g/mol. The van der Waals surface area contributed by atoms with Crippen LogP contribution in [0.1, 0.15) is 19.8 Å². The van der Waals surface area contributed by atoms with E-state index < -0.39 is 17.3 Å². The van der Waals surface area contributed by atoms with Crippen LogP contribution in [-0.2, 0) is 4.79 Å². The van der Waals surface area contributed by atoms with Crippen molar-refractivity contribution in [3.8, 4) is 12.3 Å². The number of terminal acetylenes is 1. The molecule has 0 rings (SSSR count). The summed E-state index contributed by atoms with van der Waals surface area (Å²) in [5, 5.41) is 3.85. The Morgan fingerprint density at radius 2 is 2.21 bits per heavy atom. The van der Waals surface area contributed by atoms with Gasteiger partial charge in [-0.2, -0.15) is 0 Å². The van der Waals surface area contributed by atoms with Crippen molar-refractivity contribution in [2.45, 2.75) is 25.1 Å². The summed E-state index contributed by atoms with van der Waals surface area (Å²) in [5.41, 5.74) is 0. The average molecular weight is 217 g/mol. The number of urea groups is 1. The van der Waals surface area contributed by atoms with E-state index in [9.17, 15) is 9.59 Å². The van der Waals surface area contributed by atoms with Crippen molar-refractivity contribution >= 4 is 23.5 Å². The molecule has 5 heteroatoms. The molecule has 1 atom stereocenters. The van der Waals surface area contributed by atoms with Crippen molar-refractivity contribution in [1.29, 1.82) is 0 Å². The van der Waals surface area contributed by atoms with Crippen LogP contribution in [-0.4, -0.2) is 23.9 Å². The molecule has 0 aliphatic carbocycles. The van der Waals surface area contributed by atoms with Gasteiger partial charge in [0.2, 0.25) is 5.91 Å². The van der Waals surface area contributed by atoms with E-state index in [0.717, 1.165) is 0 Å². The molecule has 0 fully saturated rings. The van der Waals surface area contributed by atoms with E-state index >= 15 is 0 Å². The Morgan fingerprint density at radius 1 is 1.57 bits per heavy atom. The molecule has 0 saturated heterocycles. The van der Waals surface area contributed by atoms with Gasteiger partial charge in [-0.05, 0) is 13.3 Å². The third-order valence-electron chi connectivity index (χ3n) is 1.38. The molecule has 0 aliphatic rings. The van der Waals surface area contributed by atoms with Crippen molar-refractivity contribution in [2.24, 2.45) is 0 Å². The highest BCUT2D eigenvalue weighted by Crippen LogP contribution is 1.91. The number of imide groups is 1. The average Bonchev–Trinajstić information content (AvgIpc) is 2.12. The summed E-state index contributed by atoms with van der Waals surface area (Å²) >= 11 is 5.44. The Hall–Kier alpha value is -1.21. The summed E-state index contributed by atoms with van der Waals surface area (Å²) in [5.74, 6) is 1.93. The first kappa shape index (κ1) is 12.8. The lowest BCUT2D eigenvalue weighted by Gasteiger charge is -2.06. The molecule has 0 aliphatic heterocycles. The summed E-state index contributed by atoms with van der Waals surface area (Å²) in [6.07, 6.45) is 6.30. The second-order valence-corrected chi connectivity index (χ2v) is 3.32. The van der Waals surface area contributed by atoms with Crippen molar-refractivity contribution in [3.63, 3.8) is 0 Å². The number of rotatable bonds is 4. The third kappa shape index (κ3) is 6.32. The normalized spacial score (nSPS) is 11.2. The van der Waals surface area contributed by atoms with Crippen molar-refractivity contribution in [3.05, 3.63) is 0 Å². The predicted octanol–water partition coefficient (Wildman–Crippen LogP) is 0.853. The Balaban J connectivity index is 3.57. The van der Waals surface area contributed by atoms with Crippen molar-refractivity contribution < 1.29 is 9.59 Å². The zero-order valence-corrected chi connectivity index (χ0v) is 8.73. The van der Waals surface area contributed by atoms with E-state index in [1.165, 1.54) is 6.92 Å². The number of hydrogen-bond acceptors (Lipinski definition) is 2. The molecule has 4 nitrogen and oxygen atoms in total. The van der Waals surface area contributed by atoms with Crippen LogP contribution in [0.15, 0.2) is 0 Å². The van der Waals surface area contributed by atoms with Crippen molar-refractivity contribution in [1.82, 2.24) is 10.6 Å². The molecule has 0 aromatic rings. The SMILES string of the molecule is C#CCCCNC(=O)NC(=O)C(C)Cl. The first-order valence-electron chi connectivity index (χ1n) is 4.24. The predicted molar refractivity (Wildman–Crippen MR) is 54.9 cm³/mol. The fourth-order valence-electron chi connectivity index (χ4n) is 0.648. The number of halogens is 1. The molecule has 0 aromatic heterocycles. The number of carbonyl (C=O) groups excluding carboxylic acids is 2. The van der Waals surface area contributed by atoms with E-state index in [4.69, 9.17) is 18.0 Å². The van der Waals surface area contributed by atoms with Gasteiger partial charge >= 0.3 is 6.03 Å². The molecule has 2 N–H and O–H groups in total. The zero-order valence-electron chi connectivity index (χ0n) is 7.97. The molecule has 0 aromatic carbocycles. The highest BCUT2D eigenvalue weighted by Gasteiger charge is 2.11. The van der Waals surface area contributed by atoms with E-state index in [1.54, 1.807) is 0 Å². The van der Waals surface area contributed by atoms with Gasteiger partial charge in [-0.25, -0.2) is 4.79 Å². The maximum Gasteiger partial charge on any atom is 0.321 e. The molecule has 0 radical (unpaired) electrons. The summed E-state index contributed by atoms with van der Waals surface area (Å²) in [6, 6.07) is -0.542. The van der Waals surface area contributed by atoms with E-state index in [2.05, 4.69) is 16.6 Å². The molecular formula is C9H13ClN2O2. The van der Waals surface area contributed by atoms with Crippen LogP contribution in [0, 0.1) is 12.3 Å². The minimum absolute atomic E-state index is 0.444. The number of amides is 3. The number of hydrogen-bond donors (Lipinski definition) is 2. The van der Waals surface area contributed by atoms with Crippen molar-refractivity contribution in [2.75, 3.05) is 6.54 Å². The van der Waals surface area contributed by atoms with Crippen LogP contribution in [0.5, 0.6) is 0 Å². The lowest BCUT2D eigenvalue weighted by molar-refractivity contribution is -0.119. The van der Waals surface area contributed by atoms with E-state index in [-0.39, 0.29) is 0 Å². The molecule has 0 saturated carbocycles. The Labute approximate surface area is 88.4 Å². The van der Waals surface area contributed by atoms with Gasteiger partial charge in [0, 0.05) is 13.0 Å². The topological polar surface area (TPSA) is 58.2 Å². The standard InChI is InChI=1S/C9H13ClN2O2/c1-3-4-5-6-11-9(14)12-8(13)7(2)10/h1,7H,4-6H2,2H3,(H2,11,12,13,14). The molecule has 0 heterocycles. The molecule has 78 valence electrons. The molecule has 1 unspecified atom stereocenters. The van der Waals surface area contributed by atoms with Crippen LogP contribution in [0.2, 0.25) is 0 Å². The van der Waals surface area contributed by atoms with Crippen LogP contribution in [0.25, 0.3) is 0 Å². The van der Waals surface area contributed by atoms with Gasteiger partial charge in [0.1, 0.15) is 5.38 Å². The van der Waals surface area contributed by atoms with Crippen LogP contribution in [0.4, 0.5) is 4.79 Å². The minimum Gasteiger partial charge on any atom is -0.338 e. The lowest BCUT2D eigenvalue weighted by atomic mass is 10.3. The summed E-state index contributed by atoms with van der Waals surface area (Å²) in [7, 11) is 0.